The summed E-state index contributed by atoms with van der Waals surface area (Å²) in [6, 6.07) is 7.31. The van der Waals surface area contributed by atoms with Crippen LogP contribution in [0.4, 0.5) is 4.79 Å². The van der Waals surface area contributed by atoms with Gasteiger partial charge in [0.25, 0.3) is 5.56 Å². The first kappa shape index (κ1) is 21.4. The number of imide groups is 1. The lowest BCUT2D eigenvalue weighted by Gasteiger charge is -2.36. The van der Waals surface area contributed by atoms with E-state index in [-0.39, 0.29) is 24.0 Å². The van der Waals surface area contributed by atoms with Gasteiger partial charge in [0, 0.05) is 6.04 Å². The Balaban J connectivity index is 1.93. The topological polar surface area (TPSA) is 90.3 Å². The van der Waals surface area contributed by atoms with E-state index in [1.54, 1.807) is 23.6 Å². The van der Waals surface area contributed by atoms with Crippen LogP contribution in [0.25, 0.3) is 10.9 Å². The molecule has 0 aliphatic heterocycles. The first-order valence-electron chi connectivity index (χ1n) is 10.0. The summed E-state index contributed by atoms with van der Waals surface area (Å²) in [6.07, 6.45) is 2.35. The molecule has 3 rings (SSSR count). The number of nitrogens with one attached hydrogen (secondary N) is 1. The molecule has 8 heteroatoms. The number of nitrogens with zero attached hydrogens (tertiary/aromatic N) is 2. The minimum atomic E-state index is -0.767. The number of alkyl carbamates (subject to hydrolysis) is 1. The summed E-state index contributed by atoms with van der Waals surface area (Å²) in [4.78, 5) is 41.6. The van der Waals surface area contributed by atoms with Crippen molar-refractivity contribution in [2.75, 3.05) is 12.4 Å². The molecule has 1 aromatic carbocycles. The van der Waals surface area contributed by atoms with Crippen LogP contribution in [-0.4, -0.2) is 33.9 Å². The van der Waals surface area contributed by atoms with Crippen LogP contribution in [0.3, 0.4) is 0 Å². The monoisotopic (exact) mass is 417 g/mol. The van der Waals surface area contributed by atoms with Crippen LogP contribution in [0.2, 0.25) is 0 Å². The zero-order chi connectivity index (χ0) is 21.0. The maximum Gasteiger partial charge on any atom is 0.413 e. The summed E-state index contributed by atoms with van der Waals surface area (Å²) < 4.78 is 6.50. The van der Waals surface area contributed by atoms with E-state index in [0.29, 0.717) is 27.9 Å². The lowest BCUT2D eigenvalue weighted by Crippen LogP contribution is -2.36. The van der Waals surface area contributed by atoms with Crippen LogP contribution < -0.4 is 10.9 Å². The Hall–Kier alpha value is -2.35. The SMILES string of the molecule is CCOC(=O)NC(=O)CSc1nc2ccccc2c(=O)n1[C@H]1CCC[C@H](C)[C@@H]1C. The number of ether oxygens (including phenoxy) is 1. The molecule has 3 atom stereocenters. The predicted octanol–water partition coefficient (Wildman–Crippen LogP) is 3.76. The lowest BCUT2D eigenvalue weighted by atomic mass is 9.78. The van der Waals surface area contributed by atoms with Gasteiger partial charge in [0.1, 0.15) is 0 Å². The van der Waals surface area contributed by atoms with Crippen LogP contribution >= 0.6 is 11.8 Å². The summed E-state index contributed by atoms with van der Waals surface area (Å²) >= 11 is 1.17. The molecule has 1 saturated carbocycles. The van der Waals surface area contributed by atoms with Crippen LogP contribution in [0.15, 0.2) is 34.2 Å². The van der Waals surface area contributed by atoms with Crippen LogP contribution in [-0.2, 0) is 9.53 Å². The lowest BCUT2D eigenvalue weighted by molar-refractivity contribution is -0.117. The van der Waals surface area contributed by atoms with Crippen molar-refractivity contribution in [2.45, 2.75) is 51.2 Å². The molecule has 0 spiro atoms. The van der Waals surface area contributed by atoms with Crippen molar-refractivity contribution in [1.29, 1.82) is 0 Å². The summed E-state index contributed by atoms with van der Waals surface area (Å²) in [7, 11) is 0. The largest absolute Gasteiger partial charge is 0.450 e. The van der Waals surface area contributed by atoms with Gasteiger partial charge in [0.2, 0.25) is 5.91 Å². The van der Waals surface area contributed by atoms with Gasteiger partial charge in [-0.15, -0.1) is 0 Å². The molecule has 7 nitrogen and oxygen atoms in total. The van der Waals surface area contributed by atoms with Gasteiger partial charge in [0.05, 0.1) is 23.3 Å². The number of benzene rings is 1. The van der Waals surface area contributed by atoms with Crippen molar-refractivity contribution in [2.24, 2.45) is 11.8 Å². The molecule has 1 N–H and O–H groups in total. The zero-order valence-corrected chi connectivity index (χ0v) is 17.8. The average molecular weight is 418 g/mol. The minimum absolute atomic E-state index is 0.0275. The normalized spacial score (nSPS) is 21.7. The van der Waals surface area contributed by atoms with Crippen molar-refractivity contribution in [3.05, 3.63) is 34.6 Å². The standard InChI is InChI=1S/C21H27N3O4S/c1-4-28-21(27)23-18(25)12-29-20-22-16-10-6-5-9-15(16)19(26)24(20)17-11-7-8-13(2)14(17)3/h5-6,9-10,13-14,17H,4,7-8,11-12H2,1-3H3,(H,23,25,27)/t13-,14-,17-/m0/s1. The Kier molecular flexibility index (Phi) is 6.95. The first-order chi connectivity index (χ1) is 13.9. The molecule has 0 radical (unpaired) electrons. The molecule has 0 bridgehead atoms. The van der Waals surface area contributed by atoms with Crippen LogP contribution in [0, 0.1) is 11.8 Å². The molecule has 0 saturated heterocycles. The van der Waals surface area contributed by atoms with E-state index in [4.69, 9.17) is 4.74 Å². The van der Waals surface area contributed by atoms with Gasteiger partial charge < -0.3 is 4.74 Å². The minimum Gasteiger partial charge on any atom is -0.450 e. The van der Waals surface area contributed by atoms with Crippen molar-refractivity contribution >= 4 is 34.7 Å². The highest BCUT2D eigenvalue weighted by Gasteiger charge is 2.31. The summed E-state index contributed by atoms with van der Waals surface area (Å²) in [5.74, 6) is 0.335. The van der Waals surface area contributed by atoms with Gasteiger partial charge in [-0.25, -0.2) is 9.78 Å². The Morgan fingerprint density at radius 3 is 2.79 bits per heavy atom. The molecule has 1 aliphatic rings. The van der Waals surface area contributed by atoms with E-state index in [9.17, 15) is 14.4 Å². The second kappa shape index (κ2) is 9.43. The number of hydrogen-bond acceptors (Lipinski definition) is 6. The first-order valence-corrected chi connectivity index (χ1v) is 11.0. The highest BCUT2D eigenvalue weighted by atomic mass is 32.2. The summed E-state index contributed by atoms with van der Waals surface area (Å²) in [5.41, 5.74) is 0.536. The molecule has 2 aromatic rings. The molecule has 29 heavy (non-hydrogen) atoms. The number of hydrogen-bond donors (Lipinski definition) is 1. The summed E-state index contributed by atoms with van der Waals surface area (Å²) in [5, 5.41) is 3.28. The predicted molar refractivity (Wildman–Crippen MR) is 113 cm³/mol. The van der Waals surface area contributed by atoms with Crippen molar-refractivity contribution < 1.29 is 14.3 Å². The maximum absolute atomic E-state index is 13.3. The van der Waals surface area contributed by atoms with Gasteiger partial charge in [-0.3, -0.25) is 19.5 Å². The van der Waals surface area contributed by atoms with Gasteiger partial charge >= 0.3 is 6.09 Å². The highest BCUT2D eigenvalue weighted by molar-refractivity contribution is 7.99. The Bertz CT molecular complexity index is 959. The molecule has 1 aliphatic carbocycles. The van der Waals surface area contributed by atoms with Gasteiger partial charge in [-0.05, 0) is 37.3 Å². The molecule has 1 aromatic heterocycles. The molecule has 1 heterocycles. The van der Waals surface area contributed by atoms with E-state index < -0.39 is 12.0 Å². The number of aromatic nitrogens is 2. The maximum atomic E-state index is 13.3. The molecular weight excluding hydrogens is 390 g/mol. The number of carbonyl (C=O) groups excluding carboxylic acids is 2. The smallest absolute Gasteiger partial charge is 0.413 e. The van der Waals surface area contributed by atoms with Gasteiger partial charge in [0.15, 0.2) is 5.16 Å². The van der Waals surface area contributed by atoms with E-state index >= 15 is 0 Å². The Morgan fingerprint density at radius 1 is 1.28 bits per heavy atom. The van der Waals surface area contributed by atoms with E-state index in [1.165, 1.54) is 11.8 Å². The van der Waals surface area contributed by atoms with Crippen LogP contribution in [0.1, 0.15) is 46.1 Å². The average Bonchev–Trinajstić information content (AvgIpc) is 2.69. The Morgan fingerprint density at radius 2 is 2.03 bits per heavy atom. The fourth-order valence-electron chi connectivity index (χ4n) is 3.89. The van der Waals surface area contributed by atoms with Crippen molar-refractivity contribution in [1.82, 2.24) is 14.9 Å². The highest BCUT2D eigenvalue weighted by Crippen LogP contribution is 2.38. The second-order valence-electron chi connectivity index (χ2n) is 7.48. The number of carbonyl (C=O) groups is 2. The quantitative estimate of drug-likeness (QED) is 0.588. The number of para-hydroxylation sites is 1. The van der Waals surface area contributed by atoms with E-state index in [0.717, 1.165) is 19.3 Å². The fourth-order valence-corrected chi connectivity index (χ4v) is 4.74. The van der Waals surface area contributed by atoms with Crippen molar-refractivity contribution in [3.8, 4) is 0 Å². The molecule has 156 valence electrons. The molecule has 1 fully saturated rings. The van der Waals surface area contributed by atoms with Gasteiger partial charge in [-0.1, -0.05) is 50.6 Å². The molecule has 2 amide bonds. The van der Waals surface area contributed by atoms with E-state index in [2.05, 4.69) is 24.1 Å². The zero-order valence-electron chi connectivity index (χ0n) is 17.0. The van der Waals surface area contributed by atoms with Crippen LogP contribution in [0.5, 0.6) is 0 Å². The summed E-state index contributed by atoms with van der Waals surface area (Å²) in [6.45, 7) is 6.26. The second-order valence-corrected chi connectivity index (χ2v) is 8.42. The Labute approximate surface area is 174 Å². The molecular formula is C21H27N3O4S. The number of fused-ring (bicyclic) bond motifs is 1. The third-order valence-corrected chi connectivity index (χ3v) is 6.57. The third kappa shape index (κ3) is 4.80. The third-order valence-electron chi connectivity index (χ3n) is 5.62. The number of rotatable bonds is 5. The van der Waals surface area contributed by atoms with Gasteiger partial charge in [-0.2, -0.15) is 0 Å². The fraction of sp³-hybridized carbons (Fsp3) is 0.524. The number of amides is 2. The van der Waals surface area contributed by atoms with Crippen molar-refractivity contribution in [3.63, 3.8) is 0 Å². The molecule has 0 unspecified atom stereocenters. The van der Waals surface area contributed by atoms with E-state index in [1.807, 2.05) is 12.1 Å². The number of thioether (sulfide) groups is 1.